The second-order valence-electron chi connectivity index (χ2n) is 6.40. The predicted octanol–water partition coefficient (Wildman–Crippen LogP) is 3.22. The number of carbonyl (C=O) groups is 1. The number of likely N-dealkylation sites (tertiary alicyclic amines) is 1. The van der Waals surface area contributed by atoms with Gasteiger partial charge < -0.3 is 14.5 Å². The monoisotopic (exact) mass is 324 g/mol. The maximum Gasteiger partial charge on any atom is 0.254 e. The number of benzene rings is 2. The Labute approximate surface area is 143 Å². The smallest absolute Gasteiger partial charge is 0.254 e. The number of rotatable bonds is 5. The molecule has 4 heteroatoms. The van der Waals surface area contributed by atoms with E-state index in [1.165, 1.54) is 5.56 Å². The Morgan fingerprint density at radius 3 is 2.62 bits per heavy atom. The molecule has 1 saturated heterocycles. The number of hydrogen-bond acceptors (Lipinski definition) is 3. The van der Waals surface area contributed by atoms with Gasteiger partial charge in [-0.1, -0.05) is 25.1 Å². The van der Waals surface area contributed by atoms with Gasteiger partial charge in [-0.2, -0.15) is 0 Å². The van der Waals surface area contributed by atoms with E-state index < -0.39 is 0 Å². The fourth-order valence-electron chi connectivity index (χ4n) is 2.81. The molecule has 0 spiro atoms. The van der Waals surface area contributed by atoms with Crippen LogP contribution in [-0.2, 0) is 6.42 Å². The molecule has 24 heavy (non-hydrogen) atoms. The molecule has 1 aliphatic rings. The Kier molecular flexibility index (Phi) is 4.74. The highest BCUT2D eigenvalue weighted by atomic mass is 16.5. The Bertz CT molecular complexity index is 721. The lowest BCUT2D eigenvalue weighted by Gasteiger charge is -2.39. The van der Waals surface area contributed by atoms with Crippen LogP contribution in [0, 0.1) is 0 Å². The van der Waals surface area contributed by atoms with E-state index in [2.05, 4.69) is 19.1 Å². The lowest BCUT2D eigenvalue weighted by molar-refractivity contribution is 0.0177. The zero-order valence-electron chi connectivity index (χ0n) is 14.5. The van der Waals surface area contributed by atoms with Gasteiger partial charge in [0.05, 0.1) is 13.1 Å². The van der Waals surface area contributed by atoms with E-state index in [0.29, 0.717) is 13.1 Å². The first kappa shape index (κ1) is 16.4. The van der Waals surface area contributed by atoms with Crippen LogP contribution >= 0.6 is 0 Å². The molecule has 0 unspecified atom stereocenters. The molecule has 1 fully saturated rings. The van der Waals surface area contributed by atoms with E-state index in [1.807, 2.05) is 60.3 Å². The molecule has 1 heterocycles. The van der Waals surface area contributed by atoms with Crippen LogP contribution in [0.15, 0.2) is 48.5 Å². The highest BCUT2D eigenvalue weighted by Gasteiger charge is 2.32. The zero-order chi connectivity index (χ0) is 17.1. The van der Waals surface area contributed by atoms with Crippen molar-refractivity contribution in [1.82, 2.24) is 4.90 Å². The van der Waals surface area contributed by atoms with Gasteiger partial charge in [0.1, 0.15) is 11.9 Å². The Balaban J connectivity index is 1.58. The maximum absolute atomic E-state index is 12.6. The summed E-state index contributed by atoms with van der Waals surface area (Å²) in [6, 6.07) is 15.9. The lowest BCUT2D eigenvalue weighted by Crippen LogP contribution is -2.56. The van der Waals surface area contributed by atoms with Crippen molar-refractivity contribution < 1.29 is 9.53 Å². The summed E-state index contributed by atoms with van der Waals surface area (Å²) < 4.78 is 5.97. The van der Waals surface area contributed by atoms with Crippen molar-refractivity contribution in [2.75, 3.05) is 32.1 Å². The molecule has 0 saturated carbocycles. The third-order valence-corrected chi connectivity index (χ3v) is 4.35. The molecule has 2 aromatic carbocycles. The second kappa shape index (κ2) is 6.95. The van der Waals surface area contributed by atoms with Crippen molar-refractivity contribution in [3.63, 3.8) is 0 Å². The third-order valence-electron chi connectivity index (χ3n) is 4.35. The Hall–Kier alpha value is -2.49. The van der Waals surface area contributed by atoms with Crippen LogP contribution in [-0.4, -0.2) is 44.1 Å². The van der Waals surface area contributed by atoms with Gasteiger partial charge in [0.2, 0.25) is 0 Å². The quantitative estimate of drug-likeness (QED) is 0.846. The predicted molar refractivity (Wildman–Crippen MR) is 96.9 cm³/mol. The molecule has 0 aliphatic carbocycles. The first-order valence-electron chi connectivity index (χ1n) is 8.39. The fraction of sp³-hybridized carbons (Fsp3) is 0.350. The molecule has 126 valence electrons. The van der Waals surface area contributed by atoms with Gasteiger partial charge in [0.15, 0.2) is 0 Å². The molecule has 2 aromatic rings. The number of aryl methyl sites for hydroxylation is 1. The summed E-state index contributed by atoms with van der Waals surface area (Å²) in [5.74, 6) is 0.960. The van der Waals surface area contributed by atoms with Crippen molar-refractivity contribution in [2.24, 2.45) is 0 Å². The summed E-state index contributed by atoms with van der Waals surface area (Å²) in [7, 11) is 3.95. The molecular weight excluding hydrogens is 300 g/mol. The topological polar surface area (TPSA) is 32.8 Å². The minimum absolute atomic E-state index is 0.0702. The van der Waals surface area contributed by atoms with Crippen LogP contribution in [0.4, 0.5) is 5.69 Å². The lowest BCUT2D eigenvalue weighted by atomic mass is 10.1. The molecule has 0 radical (unpaired) electrons. The third kappa shape index (κ3) is 3.53. The van der Waals surface area contributed by atoms with E-state index in [9.17, 15) is 4.79 Å². The van der Waals surface area contributed by atoms with Crippen molar-refractivity contribution in [1.29, 1.82) is 0 Å². The normalized spacial score (nSPS) is 14.2. The molecule has 0 atom stereocenters. The van der Waals surface area contributed by atoms with Gasteiger partial charge >= 0.3 is 0 Å². The molecular formula is C20H24N2O2. The fourth-order valence-corrected chi connectivity index (χ4v) is 2.81. The molecule has 0 N–H and O–H groups in total. The number of nitrogens with zero attached hydrogens (tertiary/aromatic N) is 2. The van der Waals surface area contributed by atoms with Gasteiger partial charge in [0, 0.05) is 25.3 Å². The SMILES string of the molecule is CCc1cccc(OC2CN(C(=O)c3cccc(N(C)C)c3)C2)c1. The summed E-state index contributed by atoms with van der Waals surface area (Å²) in [5.41, 5.74) is 3.03. The van der Waals surface area contributed by atoms with Crippen molar-refractivity contribution in [3.05, 3.63) is 59.7 Å². The van der Waals surface area contributed by atoms with E-state index >= 15 is 0 Å². The van der Waals surface area contributed by atoms with Crippen LogP contribution in [0.5, 0.6) is 5.75 Å². The van der Waals surface area contributed by atoms with Gasteiger partial charge in [-0.05, 0) is 42.3 Å². The standard InChI is InChI=1S/C20H24N2O2/c1-4-15-7-5-10-18(11-15)24-19-13-22(14-19)20(23)16-8-6-9-17(12-16)21(2)3/h5-12,19H,4,13-14H2,1-3H3. The zero-order valence-corrected chi connectivity index (χ0v) is 14.5. The number of amides is 1. The van der Waals surface area contributed by atoms with Crippen molar-refractivity contribution in [3.8, 4) is 5.75 Å². The average Bonchev–Trinajstić information content (AvgIpc) is 2.57. The first-order valence-corrected chi connectivity index (χ1v) is 8.39. The summed E-state index contributed by atoms with van der Waals surface area (Å²) in [6.07, 6.45) is 1.08. The molecule has 0 aromatic heterocycles. The highest BCUT2D eigenvalue weighted by molar-refractivity contribution is 5.95. The van der Waals surface area contributed by atoms with Crippen LogP contribution in [0.3, 0.4) is 0 Å². The number of ether oxygens (including phenoxy) is 1. The van der Waals surface area contributed by atoms with Gasteiger partial charge in [-0.15, -0.1) is 0 Å². The second-order valence-corrected chi connectivity index (χ2v) is 6.40. The number of anilines is 1. The molecule has 1 amide bonds. The highest BCUT2D eigenvalue weighted by Crippen LogP contribution is 2.22. The molecule has 1 aliphatic heterocycles. The number of hydrogen-bond donors (Lipinski definition) is 0. The molecule has 0 bridgehead atoms. The van der Waals surface area contributed by atoms with Gasteiger partial charge in [0.25, 0.3) is 5.91 Å². The van der Waals surface area contributed by atoms with Crippen molar-refractivity contribution >= 4 is 11.6 Å². The van der Waals surface area contributed by atoms with Gasteiger partial charge in [-0.3, -0.25) is 4.79 Å². The van der Waals surface area contributed by atoms with Crippen LogP contribution in [0.2, 0.25) is 0 Å². The first-order chi connectivity index (χ1) is 11.6. The largest absolute Gasteiger partial charge is 0.487 e. The summed E-state index contributed by atoms with van der Waals surface area (Å²) in [5, 5.41) is 0. The van der Waals surface area contributed by atoms with Crippen LogP contribution < -0.4 is 9.64 Å². The van der Waals surface area contributed by atoms with E-state index in [1.54, 1.807) is 0 Å². The van der Waals surface area contributed by atoms with Crippen molar-refractivity contribution in [2.45, 2.75) is 19.4 Å². The molecule has 4 nitrogen and oxygen atoms in total. The minimum atomic E-state index is 0.0702. The Morgan fingerprint density at radius 1 is 1.17 bits per heavy atom. The number of carbonyl (C=O) groups excluding carboxylic acids is 1. The van der Waals surface area contributed by atoms with Gasteiger partial charge in [-0.25, -0.2) is 0 Å². The minimum Gasteiger partial charge on any atom is -0.487 e. The van der Waals surface area contributed by atoms with E-state index in [-0.39, 0.29) is 12.0 Å². The molecule has 3 rings (SSSR count). The average molecular weight is 324 g/mol. The summed E-state index contributed by atoms with van der Waals surface area (Å²) in [4.78, 5) is 16.4. The maximum atomic E-state index is 12.6. The van der Waals surface area contributed by atoms with E-state index in [0.717, 1.165) is 23.4 Å². The summed E-state index contributed by atoms with van der Waals surface area (Å²) >= 11 is 0. The van der Waals surface area contributed by atoms with E-state index in [4.69, 9.17) is 4.74 Å². The van der Waals surface area contributed by atoms with Crippen LogP contribution in [0.25, 0.3) is 0 Å². The summed E-state index contributed by atoms with van der Waals surface area (Å²) in [6.45, 7) is 3.41. The Morgan fingerprint density at radius 2 is 1.92 bits per heavy atom. The van der Waals surface area contributed by atoms with Crippen LogP contribution in [0.1, 0.15) is 22.8 Å².